The lowest BCUT2D eigenvalue weighted by Gasteiger charge is -2.20. The molecule has 3 N–H and O–H groups in total. The smallest absolute Gasteiger partial charge is 0.319 e. The van der Waals surface area contributed by atoms with Crippen LogP contribution in [0.2, 0.25) is 0 Å². The fourth-order valence-corrected chi connectivity index (χ4v) is 2.11. The highest BCUT2D eigenvalue weighted by atomic mass is 79.9. The average molecular weight is 345 g/mol. The first-order chi connectivity index (χ1) is 9.49. The minimum atomic E-state index is -0.298. The van der Waals surface area contributed by atoms with Gasteiger partial charge in [-0.1, -0.05) is 28.9 Å². The quantitative estimate of drug-likeness (QED) is 0.742. The lowest BCUT2D eigenvalue weighted by atomic mass is 10.1. The highest BCUT2D eigenvalue weighted by Crippen LogP contribution is 2.25. The Morgan fingerprint density at radius 1 is 1.45 bits per heavy atom. The summed E-state index contributed by atoms with van der Waals surface area (Å²) in [4.78, 5) is 12.0. The summed E-state index contributed by atoms with van der Waals surface area (Å²) in [6, 6.07) is 5.15. The average Bonchev–Trinajstić information content (AvgIpc) is 2.41. The molecule has 0 aliphatic carbocycles. The van der Waals surface area contributed by atoms with Crippen LogP contribution in [0.15, 0.2) is 22.7 Å². The summed E-state index contributed by atoms with van der Waals surface area (Å²) in [5, 5.41) is 14.7. The number of methoxy groups -OCH3 is 1. The van der Waals surface area contributed by atoms with Crippen LogP contribution < -0.4 is 10.6 Å². The molecule has 2 atom stereocenters. The normalized spacial score (nSPS) is 13.7. The molecule has 0 aliphatic rings. The van der Waals surface area contributed by atoms with Gasteiger partial charge in [-0.25, -0.2) is 4.79 Å². The van der Waals surface area contributed by atoms with Gasteiger partial charge in [0.1, 0.15) is 0 Å². The van der Waals surface area contributed by atoms with Gasteiger partial charge in [0, 0.05) is 35.5 Å². The molecule has 0 saturated carbocycles. The number of rotatable bonds is 6. The molecule has 1 rings (SSSR count). The molecular formula is C14H21BrN2O3. The van der Waals surface area contributed by atoms with E-state index in [9.17, 15) is 4.79 Å². The Kier molecular flexibility index (Phi) is 6.98. The predicted octanol–water partition coefficient (Wildman–Crippen LogP) is 2.73. The third-order valence-corrected chi connectivity index (χ3v) is 3.90. The fraction of sp³-hybridized carbons (Fsp3) is 0.500. The van der Waals surface area contributed by atoms with E-state index in [1.54, 1.807) is 7.11 Å². The molecule has 6 heteroatoms. The first-order valence-electron chi connectivity index (χ1n) is 6.44. The molecule has 0 aromatic heterocycles. The van der Waals surface area contributed by atoms with Crippen molar-refractivity contribution in [3.05, 3.63) is 28.2 Å². The molecule has 0 unspecified atom stereocenters. The van der Waals surface area contributed by atoms with Crippen molar-refractivity contribution >= 4 is 27.6 Å². The Morgan fingerprint density at radius 2 is 2.15 bits per heavy atom. The van der Waals surface area contributed by atoms with Crippen LogP contribution in [0.1, 0.15) is 19.4 Å². The largest absolute Gasteiger partial charge is 0.396 e. The molecule has 0 aliphatic heterocycles. The monoisotopic (exact) mass is 344 g/mol. The molecule has 112 valence electrons. The summed E-state index contributed by atoms with van der Waals surface area (Å²) in [5.74, 6) is 0.00158. The van der Waals surface area contributed by atoms with Gasteiger partial charge in [0.05, 0.1) is 6.61 Å². The maximum Gasteiger partial charge on any atom is 0.319 e. The van der Waals surface area contributed by atoms with Crippen molar-refractivity contribution in [1.29, 1.82) is 0 Å². The van der Waals surface area contributed by atoms with Crippen molar-refractivity contribution in [2.45, 2.75) is 26.5 Å². The number of aliphatic hydroxyl groups excluding tert-OH is 1. The predicted molar refractivity (Wildman–Crippen MR) is 82.7 cm³/mol. The molecule has 1 aromatic rings. The van der Waals surface area contributed by atoms with E-state index in [4.69, 9.17) is 9.84 Å². The van der Waals surface area contributed by atoms with Gasteiger partial charge in [-0.2, -0.15) is 0 Å². The molecule has 0 saturated heterocycles. The SMILES string of the molecule is COCc1c(Br)cccc1NC(=O)N[C@H](C)[C@H](C)CO. The number of ether oxygens (including phenoxy) is 1. The van der Waals surface area contributed by atoms with E-state index in [1.807, 2.05) is 32.0 Å². The Labute approximate surface area is 127 Å². The summed E-state index contributed by atoms with van der Waals surface area (Å²) in [5.41, 5.74) is 1.58. The Bertz CT molecular complexity index is 454. The highest BCUT2D eigenvalue weighted by molar-refractivity contribution is 9.10. The van der Waals surface area contributed by atoms with Crippen LogP contribution in [-0.2, 0) is 11.3 Å². The first-order valence-corrected chi connectivity index (χ1v) is 7.23. The maximum absolute atomic E-state index is 12.0. The number of urea groups is 1. The molecule has 5 nitrogen and oxygen atoms in total. The van der Waals surface area contributed by atoms with Crippen molar-refractivity contribution in [2.24, 2.45) is 5.92 Å². The third-order valence-electron chi connectivity index (χ3n) is 3.16. The number of aliphatic hydroxyl groups is 1. The number of carbonyl (C=O) groups excluding carboxylic acids is 1. The fourth-order valence-electron chi connectivity index (χ4n) is 1.63. The van der Waals surface area contributed by atoms with Gasteiger partial charge >= 0.3 is 6.03 Å². The van der Waals surface area contributed by atoms with E-state index in [1.165, 1.54) is 0 Å². The maximum atomic E-state index is 12.0. The topological polar surface area (TPSA) is 70.6 Å². The second-order valence-electron chi connectivity index (χ2n) is 4.75. The van der Waals surface area contributed by atoms with E-state index >= 15 is 0 Å². The number of nitrogens with one attached hydrogen (secondary N) is 2. The van der Waals surface area contributed by atoms with Gasteiger partial charge < -0.3 is 20.5 Å². The van der Waals surface area contributed by atoms with E-state index in [0.29, 0.717) is 12.3 Å². The third kappa shape index (κ3) is 4.77. The van der Waals surface area contributed by atoms with Gasteiger partial charge in [-0.05, 0) is 25.0 Å². The van der Waals surface area contributed by atoms with Crippen LogP contribution in [0.5, 0.6) is 0 Å². The second kappa shape index (κ2) is 8.24. The Hall–Kier alpha value is -1.11. The number of carbonyl (C=O) groups is 1. The molecular weight excluding hydrogens is 324 g/mol. The van der Waals surface area contributed by atoms with Crippen molar-refractivity contribution in [2.75, 3.05) is 19.0 Å². The van der Waals surface area contributed by atoms with Crippen LogP contribution in [-0.4, -0.2) is 30.9 Å². The molecule has 2 amide bonds. The Balaban J connectivity index is 2.73. The van der Waals surface area contributed by atoms with Crippen molar-refractivity contribution in [3.63, 3.8) is 0 Å². The van der Waals surface area contributed by atoms with Crippen LogP contribution in [0.25, 0.3) is 0 Å². The number of hydrogen-bond acceptors (Lipinski definition) is 3. The van der Waals surface area contributed by atoms with Crippen LogP contribution in [0.3, 0.4) is 0 Å². The number of anilines is 1. The summed E-state index contributed by atoms with van der Waals surface area (Å²) in [7, 11) is 1.61. The second-order valence-corrected chi connectivity index (χ2v) is 5.60. The van der Waals surface area contributed by atoms with Gasteiger partial charge in [0.15, 0.2) is 0 Å². The molecule has 0 radical (unpaired) electrons. The molecule has 20 heavy (non-hydrogen) atoms. The van der Waals surface area contributed by atoms with E-state index in [0.717, 1.165) is 10.0 Å². The van der Waals surface area contributed by atoms with Crippen LogP contribution in [0, 0.1) is 5.92 Å². The molecule has 1 aromatic carbocycles. The lowest BCUT2D eigenvalue weighted by Crippen LogP contribution is -2.41. The number of hydrogen-bond donors (Lipinski definition) is 3. The number of benzene rings is 1. The minimum Gasteiger partial charge on any atom is -0.396 e. The van der Waals surface area contributed by atoms with Gasteiger partial charge in [-0.15, -0.1) is 0 Å². The van der Waals surface area contributed by atoms with E-state index in [2.05, 4.69) is 26.6 Å². The molecule has 0 bridgehead atoms. The van der Waals surface area contributed by atoms with Crippen molar-refractivity contribution in [3.8, 4) is 0 Å². The zero-order chi connectivity index (χ0) is 15.1. The van der Waals surface area contributed by atoms with E-state index < -0.39 is 0 Å². The zero-order valence-electron chi connectivity index (χ0n) is 11.9. The highest BCUT2D eigenvalue weighted by Gasteiger charge is 2.15. The summed E-state index contributed by atoms with van der Waals surface area (Å²) < 4.78 is 6.02. The molecule has 0 spiro atoms. The minimum absolute atomic E-state index is 0.00158. The van der Waals surface area contributed by atoms with Crippen LogP contribution in [0.4, 0.5) is 10.5 Å². The number of amides is 2. The summed E-state index contributed by atoms with van der Waals surface area (Å²) in [6.07, 6.45) is 0. The first kappa shape index (κ1) is 16.9. The van der Waals surface area contributed by atoms with Crippen molar-refractivity contribution < 1.29 is 14.6 Å². The van der Waals surface area contributed by atoms with Gasteiger partial charge in [0.2, 0.25) is 0 Å². The van der Waals surface area contributed by atoms with Gasteiger partial charge in [-0.3, -0.25) is 0 Å². The van der Waals surface area contributed by atoms with Crippen molar-refractivity contribution in [1.82, 2.24) is 5.32 Å². The zero-order valence-corrected chi connectivity index (χ0v) is 13.5. The summed E-state index contributed by atoms with van der Waals surface area (Å²) >= 11 is 3.44. The molecule has 0 heterocycles. The lowest BCUT2D eigenvalue weighted by molar-refractivity contribution is 0.185. The van der Waals surface area contributed by atoms with Gasteiger partial charge in [0.25, 0.3) is 0 Å². The standard InChI is InChI=1S/C14H21BrN2O3/c1-9(7-18)10(2)16-14(19)17-13-6-4-5-12(15)11(13)8-20-3/h4-6,9-10,18H,7-8H2,1-3H3,(H2,16,17,19)/t9-,10-/m1/s1. The molecule has 0 fully saturated rings. The Morgan fingerprint density at radius 3 is 2.75 bits per heavy atom. The van der Waals surface area contributed by atoms with E-state index in [-0.39, 0.29) is 24.6 Å². The number of halogens is 1. The summed E-state index contributed by atoms with van der Waals surface area (Å²) in [6.45, 7) is 4.17. The van der Waals surface area contributed by atoms with Crippen LogP contribution >= 0.6 is 15.9 Å².